The molecule has 1 saturated heterocycles. The van der Waals surface area contributed by atoms with Crippen molar-refractivity contribution >= 4 is 0 Å². The summed E-state index contributed by atoms with van der Waals surface area (Å²) in [6, 6.07) is 10.6. The standard InChI is InChI=1S/C22H28N4O2/c1-4-27-18-9-7-16(8-10-18)22-17(13-23-24-22)14-26-11-5-6-20(26)21-12-19(15(2)3)25-28-21/h7-10,12-13,15,20H,4-6,11,14H2,1-3H3,(H,23,24)/t20-/m1/s1. The van der Waals surface area contributed by atoms with Crippen LogP contribution in [0.15, 0.2) is 41.1 Å². The molecule has 2 aromatic heterocycles. The first-order chi connectivity index (χ1) is 13.7. The van der Waals surface area contributed by atoms with E-state index in [4.69, 9.17) is 9.26 Å². The van der Waals surface area contributed by atoms with Crippen molar-refractivity contribution in [2.75, 3.05) is 13.2 Å². The molecule has 6 heteroatoms. The Kier molecular flexibility index (Phi) is 5.48. The molecular formula is C22H28N4O2. The number of rotatable bonds is 7. The van der Waals surface area contributed by atoms with E-state index in [0.717, 1.165) is 48.0 Å². The van der Waals surface area contributed by atoms with Crippen LogP contribution in [0.1, 0.15) is 62.6 Å². The van der Waals surface area contributed by atoms with Crippen molar-refractivity contribution < 1.29 is 9.26 Å². The highest BCUT2D eigenvalue weighted by Crippen LogP contribution is 2.35. The second kappa shape index (κ2) is 8.19. The Labute approximate surface area is 165 Å². The van der Waals surface area contributed by atoms with Gasteiger partial charge in [0.15, 0.2) is 5.76 Å². The largest absolute Gasteiger partial charge is 0.494 e. The molecule has 3 heterocycles. The van der Waals surface area contributed by atoms with Gasteiger partial charge in [0, 0.05) is 23.7 Å². The summed E-state index contributed by atoms with van der Waals surface area (Å²) in [5, 5.41) is 11.7. The van der Waals surface area contributed by atoms with E-state index >= 15 is 0 Å². The summed E-state index contributed by atoms with van der Waals surface area (Å²) in [4.78, 5) is 2.47. The van der Waals surface area contributed by atoms with Gasteiger partial charge in [-0.2, -0.15) is 5.10 Å². The quantitative estimate of drug-likeness (QED) is 0.630. The highest BCUT2D eigenvalue weighted by atomic mass is 16.5. The first kappa shape index (κ1) is 18.7. The topological polar surface area (TPSA) is 67.2 Å². The van der Waals surface area contributed by atoms with Crippen molar-refractivity contribution in [2.24, 2.45) is 0 Å². The summed E-state index contributed by atoms with van der Waals surface area (Å²) in [6.07, 6.45) is 4.20. The van der Waals surface area contributed by atoms with Crippen molar-refractivity contribution in [2.45, 2.75) is 52.1 Å². The van der Waals surface area contributed by atoms with Crippen LogP contribution in [0.2, 0.25) is 0 Å². The van der Waals surface area contributed by atoms with Gasteiger partial charge < -0.3 is 9.26 Å². The smallest absolute Gasteiger partial charge is 0.154 e. The van der Waals surface area contributed by atoms with Crippen LogP contribution in [0.4, 0.5) is 0 Å². The number of H-pyrrole nitrogens is 1. The van der Waals surface area contributed by atoms with E-state index in [-0.39, 0.29) is 6.04 Å². The fourth-order valence-corrected chi connectivity index (χ4v) is 3.85. The van der Waals surface area contributed by atoms with E-state index in [1.165, 1.54) is 12.0 Å². The summed E-state index contributed by atoms with van der Waals surface area (Å²) in [6.45, 7) is 8.83. The molecule has 148 valence electrons. The zero-order valence-electron chi connectivity index (χ0n) is 16.8. The summed E-state index contributed by atoms with van der Waals surface area (Å²) in [7, 11) is 0. The highest BCUT2D eigenvalue weighted by Gasteiger charge is 2.30. The third kappa shape index (κ3) is 3.83. The molecule has 0 spiro atoms. The number of aromatic nitrogens is 3. The molecule has 1 aliphatic heterocycles. The van der Waals surface area contributed by atoms with Gasteiger partial charge >= 0.3 is 0 Å². The lowest BCUT2D eigenvalue weighted by atomic mass is 10.1. The zero-order chi connectivity index (χ0) is 19.5. The Morgan fingerprint density at radius 3 is 2.82 bits per heavy atom. The monoisotopic (exact) mass is 380 g/mol. The molecule has 1 fully saturated rings. The fourth-order valence-electron chi connectivity index (χ4n) is 3.85. The first-order valence-electron chi connectivity index (χ1n) is 10.1. The number of nitrogens with zero attached hydrogens (tertiary/aromatic N) is 3. The summed E-state index contributed by atoms with van der Waals surface area (Å²) >= 11 is 0. The van der Waals surface area contributed by atoms with Crippen molar-refractivity contribution in [1.82, 2.24) is 20.3 Å². The molecule has 0 bridgehead atoms. The number of hydrogen-bond donors (Lipinski definition) is 1. The van der Waals surface area contributed by atoms with E-state index < -0.39 is 0 Å². The van der Waals surface area contributed by atoms with Crippen molar-refractivity contribution in [1.29, 1.82) is 0 Å². The average Bonchev–Trinajstić information content (AvgIpc) is 3.43. The maximum atomic E-state index is 5.68. The second-order valence-electron chi connectivity index (χ2n) is 7.66. The van der Waals surface area contributed by atoms with Gasteiger partial charge in [-0.3, -0.25) is 10.00 Å². The minimum absolute atomic E-state index is 0.281. The summed E-state index contributed by atoms with van der Waals surface area (Å²) in [5.74, 6) is 2.25. The van der Waals surface area contributed by atoms with Gasteiger partial charge in [0.1, 0.15) is 5.75 Å². The van der Waals surface area contributed by atoms with Gasteiger partial charge in [0.05, 0.1) is 30.2 Å². The molecule has 4 rings (SSSR count). The molecule has 1 aromatic carbocycles. The molecule has 3 aromatic rings. The predicted octanol–water partition coefficient (Wildman–Crippen LogP) is 4.92. The van der Waals surface area contributed by atoms with Crippen LogP contribution in [0.25, 0.3) is 11.3 Å². The number of nitrogens with one attached hydrogen (secondary N) is 1. The van der Waals surface area contributed by atoms with E-state index in [9.17, 15) is 0 Å². The molecule has 0 radical (unpaired) electrons. The van der Waals surface area contributed by atoms with Crippen molar-refractivity contribution in [3.8, 4) is 17.0 Å². The van der Waals surface area contributed by atoms with Crippen molar-refractivity contribution in [3.63, 3.8) is 0 Å². The first-order valence-corrected chi connectivity index (χ1v) is 10.1. The minimum Gasteiger partial charge on any atom is -0.494 e. The third-order valence-corrected chi connectivity index (χ3v) is 5.38. The molecule has 28 heavy (non-hydrogen) atoms. The van der Waals surface area contributed by atoms with Crippen LogP contribution in [0.5, 0.6) is 5.75 Å². The average molecular weight is 380 g/mol. The van der Waals surface area contributed by atoms with E-state index in [0.29, 0.717) is 12.5 Å². The van der Waals surface area contributed by atoms with Gasteiger partial charge in [0.2, 0.25) is 0 Å². The number of ether oxygens (including phenoxy) is 1. The van der Waals surface area contributed by atoms with Crippen LogP contribution in [-0.4, -0.2) is 33.4 Å². The molecular weight excluding hydrogens is 352 g/mol. The van der Waals surface area contributed by atoms with Gasteiger partial charge in [0.25, 0.3) is 0 Å². The molecule has 1 N–H and O–H groups in total. The Bertz CT molecular complexity index is 897. The van der Waals surface area contributed by atoms with E-state index in [1.807, 2.05) is 25.3 Å². The number of hydrogen-bond acceptors (Lipinski definition) is 5. The molecule has 1 atom stereocenters. The SMILES string of the molecule is CCOc1ccc(-c2[nH]ncc2CN2CCC[C@@H]2c2cc(C(C)C)no2)cc1. The van der Waals surface area contributed by atoms with Gasteiger partial charge in [-0.15, -0.1) is 0 Å². The normalized spacial score (nSPS) is 17.5. The summed E-state index contributed by atoms with van der Waals surface area (Å²) in [5.41, 5.74) is 4.41. The van der Waals surface area contributed by atoms with E-state index in [1.54, 1.807) is 0 Å². The van der Waals surface area contributed by atoms with Crippen LogP contribution in [0.3, 0.4) is 0 Å². The Morgan fingerprint density at radius 1 is 1.29 bits per heavy atom. The van der Waals surface area contributed by atoms with Crippen LogP contribution in [0, 0.1) is 0 Å². The maximum absolute atomic E-state index is 5.68. The Balaban J connectivity index is 1.52. The second-order valence-corrected chi connectivity index (χ2v) is 7.66. The third-order valence-electron chi connectivity index (χ3n) is 5.38. The molecule has 6 nitrogen and oxygen atoms in total. The van der Waals surface area contributed by atoms with Crippen molar-refractivity contribution in [3.05, 3.63) is 53.5 Å². The molecule has 1 aliphatic rings. The van der Waals surface area contributed by atoms with Gasteiger partial charge in [-0.05, 0) is 56.5 Å². The van der Waals surface area contributed by atoms with Crippen LogP contribution < -0.4 is 4.74 Å². The Morgan fingerprint density at radius 2 is 2.11 bits per heavy atom. The number of aromatic amines is 1. The molecule has 0 saturated carbocycles. The van der Waals surface area contributed by atoms with Gasteiger partial charge in [-0.25, -0.2) is 0 Å². The molecule has 0 amide bonds. The van der Waals surface area contributed by atoms with Gasteiger partial charge in [-0.1, -0.05) is 19.0 Å². The zero-order valence-corrected chi connectivity index (χ0v) is 16.8. The number of likely N-dealkylation sites (tertiary alicyclic amines) is 1. The molecule has 0 aliphatic carbocycles. The molecule has 0 unspecified atom stereocenters. The predicted molar refractivity (Wildman–Crippen MR) is 108 cm³/mol. The highest BCUT2D eigenvalue weighted by molar-refractivity contribution is 5.63. The van der Waals surface area contributed by atoms with Crippen LogP contribution >= 0.6 is 0 Å². The Hall–Kier alpha value is -2.60. The number of benzene rings is 1. The summed E-state index contributed by atoms with van der Waals surface area (Å²) < 4.78 is 11.2. The fraction of sp³-hybridized carbons (Fsp3) is 0.455. The maximum Gasteiger partial charge on any atom is 0.154 e. The van der Waals surface area contributed by atoms with Crippen LogP contribution in [-0.2, 0) is 6.54 Å². The lowest BCUT2D eigenvalue weighted by Crippen LogP contribution is -2.22. The minimum atomic E-state index is 0.281. The lowest BCUT2D eigenvalue weighted by molar-refractivity contribution is 0.206. The van der Waals surface area contributed by atoms with E-state index in [2.05, 4.69) is 52.3 Å². The lowest BCUT2D eigenvalue weighted by Gasteiger charge is -2.22.